The number of ether oxygens (including phenoxy) is 1. The summed E-state index contributed by atoms with van der Waals surface area (Å²) in [7, 11) is 1.28. The predicted molar refractivity (Wildman–Crippen MR) is 86.5 cm³/mol. The summed E-state index contributed by atoms with van der Waals surface area (Å²) in [6.45, 7) is 1.88. The number of nitrogens with one attached hydrogen (secondary N) is 2. The van der Waals surface area contributed by atoms with Crippen molar-refractivity contribution in [1.29, 1.82) is 0 Å². The Labute approximate surface area is 138 Å². The number of hydrogen-bond donors (Lipinski definition) is 2. The van der Waals surface area contributed by atoms with Crippen LogP contribution in [0.15, 0.2) is 18.2 Å². The van der Waals surface area contributed by atoms with E-state index < -0.39 is 12.1 Å². The first-order valence-electron chi connectivity index (χ1n) is 7.15. The van der Waals surface area contributed by atoms with Gasteiger partial charge >= 0.3 is 6.09 Å². The molecular formula is C15H18ClN3O4. The summed E-state index contributed by atoms with van der Waals surface area (Å²) in [4.78, 5) is 36.4. The van der Waals surface area contributed by atoms with Gasteiger partial charge in [0.15, 0.2) is 0 Å². The highest BCUT2D eigenvalue weighted by atomic mass is 35.5. The molecule has 1 aliphatic rings. The van der Waals surface area contributed by atoms with E-state index in [0.717, 1.165) is 6.42 Å². The van der Waals surface area contributed by atoms with Crippen LogP contribution in [0.25, 0.3) is 0 Å². The number of anilines is 2. The molecule has 7 nitrogen and oxygen atoms in total. The van der Waals surface area contributed by atoms with Crippen molar-refractivity contribution in [2.45, 2.75) is 25.8 Å². The van der Waals surface area contributed by atoms with E-state index in [2.05, 4.69) is 15.4 Å². The summed E-state index contributed by atoms with van der Waals surface area (Å²) in [6.07, 6.45) is 0.792. The van der Waals surface area contributed by atoms with Crippen LogP contribution < -0.4 is 10.6 Å². The third kappa shape index (κ3) is 4.13. The van der Waals surface area contributed by atoms with Gasteiger partial charge in [-0.15, -0.1) is 0 Å². The van der Waals surface area contributed by atoms with Gasteiger partial charge in [0.2, 0.25) is 11.8 Å². The molecule has 124 valence electrons. The first-order valence-corrected chi connectivity index (χ1v) is 7.52. The zero-order valence-corrected chi connectivity index (χ0v) is 13.6. The van der Waals surface area contributed by atoms with Gasteiger partial charge in [0.25, 0.3) is 0 Å². The average Bonchev–Trinajstić information content (AvgIpc) is 2.98. The Morgan fingerprint density at radius 1 is 1.30 bits per heavy atom. The molecule has 1 aromatic rings. The molecule has 0 radical (unpaired) electrons. The second-order valence-electron chi connectivity index (χ2n) is 5.19. The Morgan fingerprint density at radius 2 is 2.04 bits per heavy atom. The maximum Gasteiger partial charge on any atom is 0.410 e. The third-order valence-corrected chi connectivity index (χ3v) is 3.82. The Morgan fingerprint density at radius 3 is 2.65 bits per heavy atom. The minimum absolute atomic E-state index is 0.211. The third-order valence-electron chi connectivity index (χ3n) is 3.51. The lowest BCUT2D eigenvalue weighted by molar-refractivity contribution is -0.120. The molecule has 0 bridgehead atoms. The molecule has 1 aliphatic heterocycles. The van der Waals surface area contributed by atoms with Crippen molar-refractivity contribution in [2.24, 2.45) is 0 Å². The molecule has 1 fully saturated rings. The lowest BCUT2D eigenvalue weighted by atomic mass is 10.2. The zero-order valence-electron chi connectivity index (χ0n) is 12.9. The molecule has 0 unspecified atom stereocenters. The van der Waals surface area contributed by atoms with Crippen LogP contribution in [0.5, 0.6) is 0 Å². The number of benzene rings is 1. The minimum Gasteiger partial charge on any atom is -0.453 e. The molecule has 1 heterocycles. The molecule has 23 heavy (non-hydrogen) atoms. The number of halogens is 1. The Hall–Kier alpha value is -2.28. The normalized spacial score (nSPS) is 16.8. The number of likely N-dealkylation sites (tertiary alicyclic amines) is 1. The van der Waals surface area contributed by atoms with E-state index in [0.29, 0.717) is 29.4 Å². The largest absolute Gasteiger partial charge is 0.453 e. The van der Waals surface area contributed by atoms with Gasteiger partial charge < -0.3 is 15.4 Å². The van der Waals surface area contributed by atoms with E-state index >= 15 is 0 Å². The van der Waals surface area contributed by atoms with Gasteiger partial charge in [0.1, 0.15) is 6.04 Å². The van der Waals surface area contributed by atoms with Crippen molar-refractivity contribution >= 4 is 40.9 Å². The standard InChI is InChI=1S/C15H18ClN3O4/c1-9(20)17-10-5-6-12(11(16)8-10)18-14(21)13-4-3-7-19(13)15(22)23-2/h5-6,8,13H,3-4,7H2,1-2H3,(H,17,20)(H,18,21)/t13-/m1/s1. The number of carbonyl (C=O) groups is 3. The summed E-state index contributed by atoms with van der Waals surface area (Å²) in [5.74, 6) is -0.528. The summed E-state index contributed by atoms with van der Waals surface area (Å²) >= 11 is 6.12. The van der Waals surface area contributed by atoms with Gasteiger partial charge in [-0.1, -0.05) is 11.6 Å². The molecular weight excluding hydrogens is 322 g/mol. The van der Waals surface area contributed by atoms with Crippen LogP contribution >= 0.6 is 11.6 Å². The van der Waals surface area contributed by atoms with E-state index in [1.54, 1.807) is 18.2 Å². The summed E-state index contributed by atoms with van der Waals surface area (Å²) in [6, 6.07) is 4.21. The molecule has 3 amide bonds. The van der Waals surface area contributed by atoms with Crippen LogP contribution in [0.1, 0.15) is 19.8 Å². The minimum atomic E-state index is -0.575. The second-order valence-corrected chi connectivity index (χ2v) is 5.59. The molecule has 0 aromatic heterocycles. The highest BCUT2D eigenvalue weighted by Crippen LogP contribution is 2.27. The number of nitrogens with zero attached hydrogens (tertiary/aromatic N) is 1. The van der Waals surface area contributed by atoms with Crippen molar-refractivity contribution in [3.05, 3.63) is 23.2 Å². The van der Waals surface area contributed by atoms with Crippen LogP contribution in [0.2, 0.25) is 5.02 Å². The van der Waals surface area contributed by atoms with Crippen LogP contribution in [-0.2, 0) is 14.3 Å². The molecule has 1 saturated heterocycles. The maximum absolute atomic E-state index is 12.4. The molecule has 2 rings (SSSR count). The van der Waals surface area contributed by atoms with Crippen molar-refractivity contribution in [1.82, 2.24) is 4.90 Å². The van der Waals surface area contributed by atoms with E-state index in [1.165, 1.54) is 18.9 Å². The smallest absolute Gasteiger partial charge is 0.410 e. The number of amides is 3. The number of carbonyl (C=O) groups excluding carboxylic acids is 3. The fraction of sp³-hybridized carbons (Fsp3) is 0.400. The maximum atomic E-state index is 12.4. The van der Waals surface area contributed by atoms with Gasteiger partial charge in [0, 0.05) is 19.2 Å². The van der Waals surface area contributed by atoms with Crippen molar-refractivity contribution in [3.8, 4) is 0 Å². The van der Waals surface area contributed by atoms with E-state index in [-0.39, 0.29) is 11.8 Å². The first kappa shape index (κ1) is 17.1. The molecule has 1 aromatic carbocycles. The first-order chi connectivity index (χ1) is 10.9. The monoisotopic (exact) mass is 339 g/mol. The Bertz CT molecular complexity index is 635. The summed E-state index contributed by atoms with van der Waals surface area (Å²) in [5.41, 5.74) is 0.958. The topological polar surface area (TPSA) is 87.7 Å². The van der Waals surface area contributed by atoms with Crippen LogP contribution in [0.4, 0.5) is 16.2 Å². The molecule has 0 saturated carbocycles. The fourth-order valence-corrected chi connectivity index (χ4v) is 2.72. The average molecular weight is 340 g/mol. The van der Waals surface area contributed by atoms with Crippen LogP contribution in [-0.4, -0.2) is 42.5 Å². The quantitative estimate of drug-likeness (QED) is 0.885. The molecule has 2 N–H and O–H groups in total. The van der Waals surface area contributed by atoms with Crippen molar-refractivity contribution in [2.75, 3.05) is 24.3 Å². The SMILES string of the molecule is COC(=O)N1CCC[C@@H]1C(=O)Nc1ccc(NC(C)=O)cc1Cl. The van der Waals surface area contributed by atoms with Crippen molar-refractivity contribution in [3.63, 3.8) is 0 Å². The van der Waals surface area contributed by atoms with E-state index in [4.69, 9.17) is 11.6 Å². The van der Waals surface area contributed by atoms with E-state index in [1.807, 2.05) is 0 Å². The highest BCUT2D eigenvalue weighted by molar-refractivity contribution is 6.34. The van der Waals surface area contributed by atoms with Crippen molar-refractivity contribution < 1.29 is 19.1 Å². The molecule has 0 aliphatic carbocycles. The zero-order chi connectivity index (χ0) is 17.0. The van der Waals surface area contributed by atoms with Gasteiger partial charge in [0.05, 0.1) is 17.8 Å². The van der Waals surface area contributed by atoms with Gasteiger partial charge in [-0.2, -0.15) is 0 Å². The summed E-state index contributed by atoms with van der Waals surface area (Å²) in [5, 5.41) is 5.61. The fourth-order valence-electron chi connectivity index (χ4n) is 2.49. The lowest BCUT2D eigenvalue weighted by Crippen LogP contribution is -2.43. The lowest BCUT2D eigenvalue weighted by Gasteiger charge is -2.22. The molecule has 8 heteroatoms. The number of rotatable bonds is 3. The Kier molecular flexibility index (Phi) is 5.44. The second kappa shape index (κ2) is 7.32. The van der Waals surface area contributed by atoms with Gasteiger partial charge in [-0.25, -0.2) is 4.79 Å². The van der Waals surface area contributed by atoms with Crippen LogP contribution in [0.3, 0.4) is 0 Å². The Balaban J connectivity index is 2.08. The number of methoxy groups -OCH3 is 1. The molecule has 0 spiro atoms. The highest BCUT2D eigenvalue weighted by Gasteiger charge is 2.34. The predicted octanol–water partition coefficient (Wildman–Crippen LogP) is 2.47. The summed E-state index contributed by atoms with van der Waals surface area (Å²) < 4.78 is 4.68. The molecule has 1 atom stereocenters. The van der Waals surface area contributed by atoms with Crippen LogP contribution in [0, 0.1) is 0 Å². The number of hydrogen-bond acceptors (Lipinski definition) is 4. The van der Waals surface area contributed by atoms with E-state index in [9.17, 15) is 14.4 Å². The van der Waals surface area contributed by atoms with Gasteiger partial charge in [-0.05, 0) is 31.0 Å². The van der Waals surface area contributed by atoms with Gasteiger partial charge in [-0.3, -0.25) is 14.5 Å².